The van der Waals surface area contributed by atoms with Crippen LogP contribution < -0.4 is 11.1 Å². The zero-order valence-corrected chi connectivity index (χ0v) is 15.5. The molecule has 27 heavy (non-hydrogen) atoms. The summed E-state index contributed by atoms with van der Waals surface area (Å²) in [4.78, 5) is 34.3. The van der Waals surface area contributed by atoms with E-state index in [4.69, 9.17) is 5.73 Å². The van der Waals surface area contributed by atoms with Crippen molar-refractivity contribution in [2.45, 2.75) is 13.8 Å². The van der Waals surface area contributed by atoms with Gasteiger partial charge < -0.3 is 15.7 Å². The summed E-state index contributed by atoms with van der Waals surface area (Å²) in [5.74, 6) is -0.751. The van der Waals surface area contributed by atoms with Crippen molar-refractivity contribution in [3.8, 4) is 11.3 Å². The van der Waals surface area contributed by atoms with Crippen molar-refractivity contribution < 1.29 is 9.59 Å². The maximum Gasteiger partial charge on any atom is 0.265 e. The predicted molar refractivity (Wildman–Crippen MR) is 106 cm³/mol. The fraction of sp³-hybridized carbons (Fsp3) is 0.105. The average Bonchev–Trinajstić information content (AvgIpc) is 3.35. The lowest BCUT2D eigenvalue weighted by Gasteiger charge is -2.02. The molecule has 0 radical (unpaired) electrons. The molecular formula is C19H17N5O2S. The van der Waals surface area contributed by atoms with Crippen molar-refractivity contribution in [3.05, 3.63) is 58.4 Å². The molecule has 0 atom stereocenters. The molecule has 3 heterocycles. The lowest BCUT2D eigenvalue weighted by Crippen LogP contribution is -2.11. The van der Waals surface area contributed by atoms with E-state index in [1.807, 2.05) is 31.4 Å². The summed E-state index contributed by atoms with van der Waals surface area (Å²) < 4.78 is 0. The number of rotatable bonds is 4. The summed E-state index contributed by atoms with van der Waals surface area (Å²) in [5.41, 5.74) is 10.8. The number of H-pyrrole nitrogens is 2. The fourth-order valence-electron chi connectivity index (χ4n) is 2.92. The number of carbonyl (C=O) groups excluding carboxylic acids is 2. The predicted octanol–water partition coefficient (Wildman–Crippen LogP) is 3.59. The standard InChI is InChI=1S/C19H17N5O2S/c1-9-10(2)22-14-4-3-11(5-13(9)14)18(26)24-19-23-16(8-27-19)12-6-15(17(20)25)21-7-12/h3-8,21-22H,1-2H3,(H2,20,25)(H,23,24,26). The SMILES string of the molecule is Cc1[nH]c2ccc(C(=O)Nc3nc(-c4c[nH]c(C(N)=O)c4)cs3)cc2c1C. The Kier molecular flexibility index (Phi) is 4.04. The number of benzene rings is 1. The Morgan fingerprint density at radius 2 is 2.04 bits per heavy atom. The number of fused-ring (bicyclic) bond motifs is 1. The monoisotopic (exact) mass is 379 g/mol. The third kappa shape index (κ3) is 3.11. The lowest BCUT2D eigenvalue weighted by atomic mass is 10.1. The van der Waals surface area contributed by atoms with Crippen molar-refractivity contribution >= 4 is 39.2 Å². The maximum atomic E-state index is 12.6. The van der Waals surface area contributed by atoms with Gasteiger partial charge in [0.05, 0.1) is 5.69 Å². The first-order valence-corrected chi connectivity index (χ1v) is 9.15. The number of primary amides is 1. The number of thiazole rings is 1. The molecular weight excluding hydrogens is 362 g/mol. The van der Waals surface area contributed by atoms with Crippen molar-refractivity contribution in [2.75, 3.05) is 5.32 Å². The smallest absolute Gasteiger partial charge is 0.265 e. The van der Waals surface area contributed by atoms with Gasteiger partial charge in [-0.25, -0.2) is 4.98 Å². The third-order valence-corrected chi connectivity index (χ3v) is 5.30. The van der Waals surface area contributed by atoms with Gasteiger partial charge in [0.25, 0.3) is 11.8 Å². The molecule has 0 saturated carbocycles. The highest BCUT2D eigenvalue weighted by atomic mass is 32.1. The van der Waals surface area contributed by atoms with Gasteiger partial charge in [0.15, 0.2) is 5.13 Å². The van der Waals surface area contributed by atoms with Crippen LogP contribution in [-0.4, -0.2) is 26.8 Å². The van der Waals surface area contributed by atoms with E-state index in [2.05, 4.69) is 20.3 Å². The van der Waals surface area contributed by atoms with Gasteiger partial charge in [-0.3, -0.25) is 14.9 Å². The number of nitrogens with zero attached hydrogens (tertiary/aromatic N) is 1. The number of aryl methyl sites for hydroxylation is 2. The first kappa shape index (κ1) is 17.0. The Morgan fingerprint density at radius 3 is 2.78 bits per heavy atom. The highest BCUT2D eigenvalue weighted by Gasteiger charge is 2.13. The number of carbonyl (C=O) groups is 2. The Balaban J connectivity index is 1.55. The molecule has 1 aromatic carbocycles. The summed E-state index contributed by atoms with van der Waals surface area (Å²) in [6.45, 7) is 4.04. The van der Waals surface area contributed by atoms with Crippen molar-refractivity contribution in [1.82, 2.24) is 15.0 Å². The first-order chi connectivity index (χ1) is 12.9. The zero-order chi connectivity index (χ0) is 19.1. The Labute approximate surface area is 158 Å². The van der Waals surface area contributed by atoms with Crippen molar-refractivity contribution in [1.29, 1.82) is 0 Å². The van der Waals surface area contributed by atoms with Crippen molar-refractivity contribution in [3.63, 3.8) is 0 Å². The molecule has 0 saturated heterocycles. The quantitative estimate of drug-likeness (QED) is 0.434. The van der Waals surface area contributed by atoms with E-state index in [9.17, 15) is 9.59 Å². The molecule has 0 aliphatic heterocycles. The van der Waals surface area contributed by atoms with Gasteiger partial charge in [-0.1, -0.05) is 0 Å². The van der Waals surface area contributed by atoms with Crippen LogP contribution >= 0.6 is 11.3 Å². The number of aromatic amines is 2. The number of nitrogens with two attached hydrogens (primary N) is 1. The zero-order valence-electron chi connectivity index (χ0n) is 14.7. The highest BCUT2D eigenvalue weighted by molar-refractivity contribution is 7.14. The van der Waals surface area contributed by atoms with Crippen LogP contribution in [0.25, 0.3) is 22.2 Å². The molecule has 136 valence electrons. The van der Waals surface area contributed by atoms with Crippen LogP contribution in [0, 0.1) is 13.8 Å². The van der Waals surface area contributed by atoms with Crippen molar-refractivity contribution in [2.24, 2.45) is 5.73 Å². The van der Waals surface area contributed by atoms with E-state index in [-0.39, 0.29) is 5.91 Å². The molecule has 7 nitrogen and oxygen atoms in total. The highest BCUT2D eigenvalue weighted by Crippen LogP contribution is 2.27. The number of anilines is 1. The van der Waals surface area contributed by atoms with Gasteiger partial charge in [0.2, 0.25) is 0 Å². The molecule has 0 aliphatic carbocycles. The Morgan fingerprint density at radius 1 is 1.22 bits per heavy atom. The number of hydrogen-bond acceptors (Lipinski definition) is 4. The molecule has 8 heteroatoms. The van der Waals surface area contributed by atoms with Gasteiger partial charge in [-0.05, 0) is 43.7 Å². The largest absolute Gasteiger partial charge is 0.364 e. The minimum absolute atomic E-state index is 0.219. The molecule has 0 aliphatic rings. The maximum absolute atomic E-state index is 12.6. The average molecular weight is 379 g/mol. The summed E-state index contributed by atoms with van der Waals surface area (Å²) in [6, 6.07) is 7.20. The minimum Gasteiger partial charge on any atom is -0.364 e. The molecule has 2 amide bonds. The Bertz CT molecular complexity index is 1180. The number of aromatic nitrogens is 3. The van der Waals surface area contributed by atoms with E-state index in [1.165, 1.54) is 11.3 Å². The van der Waals surface area contributed by atoms with Gasteiger partial charge in [-0.15, -0.1) is 11.3 Å². The van der Waals surface area contributed by atoms with Crippen LogP contribution in [-0.2, 0) is 0 Å². The normalized spacial score (nSPS) is 11.0. The van der Waals surface area contributed by atoms with Crippen LogP contribution in [0.2, 0.25) is 0 Å². The van der Waals surface area contributed by atoms with Crippen LogP contribution in [0.15, 0.2) is 35.8 Å². The molecule has 5 N–H and O–H groups in total. The number of amides is 2. The third-order valence-electron chi connectivity index (χ3n) is 4.54. The molecule has 0 unspecified atom stereocenters. The van der Waals surface area contributed by atoms with E-state index in [0.717, 1.165) is 27.7 Å². The van der Waals surface area contributed by atoms with E-state index in [1.54, 1.807) is 18.3 Å². The summed E-state index contributed by atoms with van der Waals surface area (Å²) in [7, 11) is 0. The van der Waals surface area contributed by atoms with Gasteiger partial charge in [0.1, 0.15) is 5.69 Å². The van der Waals surface area contributed by atoms with Gasteiger partial charge >= 0.3 is 0 Å². The second-order valence-corrected chi connectivity index (χ2v) is 7.15. The topological polar surface area (TPSA) is 117 Å². The summed E-state index contributed by atoms with van der Waals surface area (Å²) >= 11 is 1.32. The van der Waals surface area contributed by atoms with E-state index >= 15 is 0 Å². The molecule has 0 spiro atoms. The van der Waals surface area contributed by atoms with Crippen LogP contribution in [0.3, 0.4) is 0 Å². The number of hydrogen-bond donors (Lipinski definition) is 4. The summed E-state index contributed by atoms with van der Waals surface area (Å²) in [5, 5.41) is 6.16. The second-order valence-electron chi connectivity index (χ2n) is 6.29. The summed E-state index contributed by atoms with van der Waals surface area (Å²) in [6.07, 6.45) is 1.66. The number of nitrogens with one attached hydrogen (secondary N) is 3. The first-order valence-electron chi connectivity index (χ1n) is 8.27. The second kappa shape index (κ2) is 6.40. The molecule has 0 bridgehead atoms. The van der Waals surface area contributed by atoms with Crippen LogP contribution in [0.4, 0.5) is 5.13 Å². The molecule has 0 fully saturated rings. The van der Waals surface area contributed by atoms with Gasteiger partial charge in [-0.2, -0.15) is 0 Å². The van der Waals surface area contributed by atoms with Crippen LogP contribution in [0.5, 0.6) is 0 Å². The minimum atomic E-state index is -0.532. The lowest BCUT2D eigenvalue weighted by molar-refractivity contribution is 0.0994. The Hall–Kier alpha value is -3.39. The molecule has 4 rings (SSSR count). The van der Waals surface area contributed by atoms with E-state index < -0.39 is 5.91 Å². The molecule has 4 aromatic rings. The van der Waals surface area contributed by atoms with Gasteiger partial charge in [0, 0.05) is 39.3 Å². The fourth-order valence-corrected chi connectivity index (χ4v) is 3.63. The van der Waals surface area contributed by atoms with E-state index in [0.29, 0.717) is 22.1 Å². The van der Waals surface area contributed by atoms with Crippen LogP contribution in [0.1, 0.15) is 32.1 Å². The molecule has 3 aromatic heterocycles.